The highest BCUT2D eigenvalue weighted by atomic mass is 32.2. The van der Waals surface area contributed by atoms with Crippen LogP contribution in [0.25, 0.3) is 0 Å². The first-order chi connectivity index (χ1) is 10.1. The lowest BCUT2D eigenvalue weighted by molar-refractivity contribution is -0.120. The smallest absolute Gasteiger partial charge is 0.233 e. The van der Waals surface area contributed by atoms with E-state index in [0.29, 0.717) is 6.54 Å². The van der Waals surface area contributed by atoms with Gasteiger partial charge < -0.3 is 5.32 Å². The molecule has 1 atom stereocenters. The molecule has 0 heterocycles. The Hall–Kier alpha value is -1.81. The molecule has 1 amide bonds. The monoisotopic (exact) mass is 303 g/mol. The van der Waals surface area contributed by atoms with E-state index in [9.17, 15) is 9.18 Å². The van der Waals surface area contributed by atoms with Gasteiger partial charge in [0.05, 0.1) is 5.25 Å². The molecule has 0 aliphatic rings. The molecule has 1 N–H and O–H groups in total. The number of thioether (sulfide) groups is 1. The third-order valence-electron chi connectivity index (χ3n) is 3.05. The molecule has 21 heavy (non-hydrogen) atoms. The van der Waals surface area contributed by atoms with Crippen molar-refractivity contribution in [3.63, 3.8) is 0 Å². The van der Waals surface area contributed by atoms with Crippen molar-refractivity contribution in [1.29, 1.82) is 0 Å². The Bertz CT molecular complexity index is 571. The quantitative estimate of drug-likeness (QED) is 0.825. The molecule has 0 saturated carbocycles. The molecule has 2 aromatic rings. The van der Waals surface area contributed by atoms with Crippen molar-refractivity contribution >= 4 is 17.7 Å². The molecule has 0 aliphatic heterocycles. The summed E-state index contributed by atoms with van der Waals surface area (Å²) in [5.74, 6) is -0.264. The van der Waals surface area contributed by atoms with Gasteiger partial charge in [-0.25, -0.2) is 4.39 Å². The predicted octanol–water partition coefficient (Wildman–Crippen LogP) is 3.67. The third-order valence-corrected chi connectivity index (χ3v) is 4.16. The fourth-order valence-electron chi connectivity index (χ4n) is 1.89. The van der Waals surface area contributed by atoms with Gasteiger partial charge in [-0.05, 0) is 43.2 Å². The van der Waals surface area contributed by atoms with Crippen molar-refractivity contribution in [2.24, 2.45) is 0 Å². The summed E-state index contributed by atoms with van der Waals surface area (Å²) in [6.07, 6.45) is 0.820. The standard InChI is InChI=1S/C17H18FNOS/c1-13(21-16-9-7-15(18)8-10-16)17(20)19-12-11-14-5-3-2-4-6-14/h2-10,13H,11-12H2,1H3,(H,19,20)/t13-/m0/s1. The lowest BCUT2D eigenvalue weighted by Crippen LogP contribution is -2.32. The maximum Gasteiger partial charge on any atom is 0.233 e. The van der Waals surface area contributed by atoms with Crippen LogP contribution < -0.4 is 5.32 Å². The molecule has 0 aliphatic carbocycles. The summed E-state index contributed by atoms with van der Waals surface area (Å²) in [4.78, 5) is 12.9. The highest BCUT2D eigenvalue weighted by molar-refractivity contribution is 8.00. The molecule has 0 saturated heterocycles. The molecule has 0 unspecified atom stereocenters. The lowest BCUT2D eigenvalue weighted by Gasteiger charge is -2.12. The van der Waals surface area contributed by atoms with Gasteiger partial charge in [0, 0.05) is 11.4 Å². The first-order valence-electron chi connectivity index (χ1n) is 6.89. The van der Waals surface area contributed by atoms with Gasteiger partial charge in [-0.1, -0.05) is 30.3 Å². The van der Waals surface area contributed by atoms with Gasteiger partial charge in [0.25, 0.3) is 0 Å². The second kappa shape index (κ2) is 7.84. The van der Waals surface area contributed by atoms with E-state index in [1.165, 1.54) is 29.5 Å². The second-order valence-electron chi connectivity index (χ2n) is 4.74. The molecule has 0 spiro atoms. The predicted molar refractivity (Wildman–Crippen MR) is 84.9 cm³/mol. The Kier molecular flexibility index (Phi) is 5.81. The molecule has 2 nitrogen and oxygen atoms in total. The van der Waals surface area contributed by atoms with Crippen molar-refractivity contribution in [3.8, 4) is 0 Å². The number of carbonyl (C=O) groups is 1. The summed E-state index contributed by atoms with van der Waals surface area (Å²) in [6, 6.07) is 16.2. The summed E-state index contributed by atoms with van der Waals surface area (Å²) < 4.78 is 12.8. The van der Waals surface area contributed by atoms with E-state index in [2.05, 4.69) is 5.32 Å². The number of rotatable bonds is 6. The molecular weight excluding hydrogens is 285 g/mol. The fraction of sp³-hybridized carbons (Fsp3) is 0.235. The first kappa shape index (κ1) is 15.6. The highest BCUT2D eigenvalue weighted by Gasteiger charge is 2.13. The Balaban J connectivity index is 1.76. The third kappa shape index (κ3) is 5.23. The van der Waals surface area contributed by atoms with Gasteiger partial charge in [-0.15, -0.1) is 11.8 Å². The minimum Gasteiger partial charge on any atom is -0.355 e. The van der Waals surface area contributed by atoms with Crippen LogP contribution in [0.4, 0.5) is 4.39 Å². The number of benzene rings is 2. The summed E-state index contributed by atoms with van der Waals surface area (Å²) in [5.41, 5.74) is 1.21. The van der Waals surface area contributed by atoms with Crippen LogP contribution in [0.2, 0.25) is 0 Å². The van der Waals surface area contributed by atoms with Crippen LogP contribution in [0.5, 0.6) is 0 Å². The van der Waals surface area contributed by atoms with Gasteiger partial charge in [0.15, 0.2) is 0 Å². The van der Waals surface area contributed by atoms with Crippen LogP contribution in [0, 0.1) is 5.82 Å². The minimum atomic E-state index is -0.265. The maximum atomic E-state index is 12.8. The number of hydrogen-bond acceptors (Lipinski definition) is 2. The average molecular weight is 303 g/mol. The van der Waals surface area contributed by atoms with Gasteiger partial charge in [-0.3, -0.25) is 4.79 Å². The summed E-state index contributed by atoms with van der Waals surface area (Å²) in [6.45, 7) is 2.48. The van der Waals surface area contributed by atoms with Crippen LogP contribution >= 0.6 is 11.8 Å². The Labute approximate surface area is 128 Å². The molecule has 0 fully saturated rings. The summed E-state index contributed by atoms with van der Waals surface area (Å²) in [5, 5.41) is 2.73. The van der Waals surface area contributed by atoms with E-state index in [1.807, 2.05) is 37.3 Å². The number of carbonyl (C=O) groups excluding carboxylic acids is 1. The Morgan fingerprint density at radius 3 is 2.48 bits per heavy atom. The van der Waals surface area contributed by atoms with E-state index in [1.54, 1.807) is 12.1 Å². The topological polar surface area (TPSA) is 29.1 Å². The molecule has 110 valence electrons. The number of amides is 1. The molecule has 0 radical (unpaired) electrons. The molecule has 2 rings (SSSR count). The van der Waals surface area contributed by atoms with E-state index in [-0.39, 0.29) is 17.0 Å². The van der Waals surface area contributed by atoms with E-state index >= 15 is 0 Å². The Morgan fingerprint density at radius 1 is 1.14 bits per heavy atom. The molecular formula is C17H18FNOS. The second-order valence-corrected chi connectivity index (χ2v) is 6.15. The number of nitrogens with one attached hydrogen (secondary N) is 1. The van der Waals surface area contributed by atoms with Crippen molar-refractivity contribution < 1.29 is 9.18 Å². The minimum absolute atomic E-state index is 0.000237. The normalized spacial score (nSPS) is 11.9. The van der Waals surface area contributed by atoms with Crippen LogP contribution in [0.15, 0.2) is 59.5 Å². The largest absolute Gasteiger partial charge is 0.355 e. The zero-order chi connectivity index (χ0) is 15.1. The van der Waals surface area contributed by atoms with E-state index in [0.717, 1.165) is 11.3 Å². The van der Waals surface area contributed by atoms with E-state index < -0.39 is 0 Å². The van der Waals surface area contributed by atoms with Crippen LogP contribution in [0.3, 0.4) is 0 Å². The molecule has 2 aromatic carbocycles. The Morgan fingerprint density at radius 2 is 1.81 bits per heavy atom. The fourth-order valence-corrected chi connectivity index (χ4v) is 2.78. The van der Waals surface area contributed by atoms with Crippen LogP contribution in [-0.4, -0.2) is 17.7 Å². The first-order valence-corrected chi connectivity index (χ1v) is 7.77. The van der Waals surface area contributed by atoms with Crippen molar-refractivity contribution in [1.82, 2.24) is 5.32 Å². The molecule has 0 bridgehead atoms. The maximum absolute atomic E-state index is 12.8. The van der Waals surface area contributed by atoms with Crippen LogP contribution in [-0.2, 0) is 11.2 Å². The van der Waals surface area contributed by atoms with E-state index in [4.69, 9.17) is 0 Å². The van der Waals surface area contributed by atoms with Crippen molar-refractivity contribution in [2.45, 2.75) is 23.5 Å². The number of hydrogen-bond donors (Lipinski definition) is 1. The average Bonchev–Trinajstić information content (AvgIpc) is 2.50. The molecule has 4 heteroatoms. The lowest BCUT2D eigenvalue weighted by atomic mass is 10.1. The highest BCUT2D eigenvalue weighted by Crippen LogP contribution is 2.23. The van der Waals surface area contributed by atoms with Gasteiger partial charge in [0.2, 0.25) is 5.91 Å². The van der Waals surface area contributed by atoms with Gasteiger partial charge >= 0.3 is 0 Å². The molecule has 0 aromatic heterocycles. The zero-order valence-corrected chi connectivity index (χ0v) is 12.7. The number of halogens is 1. The summed E-state index contributed by atoms with van der Waals surface area (Å²) >= 11 is 1.43. The SMILES string of the molecule is C[C@H](Sc1ccc(F)cc1)C(=O)NCCc1ccccc1. The zero-order valence-electron chi connectivity index (χ0n) is 11.9. The van der Waals surface area contributed by atoms with Gasteiger partial charge in [-0.2, -0.15) is 0 Å². The van der Waals surface area contributed by atoms with Crippen LogP contribution in [0.1, 0.15) is 12.5 Å². The van der Waals surface area contributed by atoms with Gasteiger partial charge in [0.1, 0.15) is 5.82 Å². The van der Waals surface area contributed by atoms with Crippen molar-refractivity contribution in [2.75, 3.05) is 6.54 Å². The summed E-state index contributed by atoms with van der Waals surface area (Å²) in [7, 11) is 0. The van der Waals surface area contributed by atoms with Crippen molar-refractivity contribution in [3.05, 3.63) is 66.0 Å².